The molecule has 0 bridgehead atoms. The zero-order valence-electron chi connectivity index (χ0n) is 12.6. The van der Waals surface area contributed by atoms with Gasteiger partial charge in [0.1, 0.15) is 0 Å². The molecule has 1 atom stereocenters. The number of rotatable bonds is 6. The van der Waals surface area contributed by atoms with Crippen molar-refractivity contribution in [3.8, 4) is 0 Å². The summed E-state index contributed by atoms with van der Waals surface area (Å²) in [7, 11) is 0. The highest BCUT2D eigenvalue weighted by atomic mass is 16.5. The summed E-state index contributed by atoms with van der Waals surface area (Å²) in [6, 6.07) is 7.46. The van der Waals surface area contributed by atoms with Crippen molar-refractivity contribution in [2.45, 2.75) is 32.6 Å². The minimum Gasteiger partial charge on any atom is -0.462 e. The fourth-order valence-electron chi connectivity index (χ4n) is 1.81. The third-order valence-electron chi connectivity index (χ3n) is 3.19. The second-order valence-corrected chi connectivity index (χ2v) is 6.00. The first kappa shape index (κ1) is 16.4. The Bertz CT molecular complexity index is 440. The minimum absolute atomic E-state index is 0.0116. The lowest BCUT2D eigenvalue weighted by molar-refractivity contribution is 0.0390. The van der Waals surface area contributed by atoms with Gasteiger partial charge in [0.2, 0.25) is 0 Å². The number of aliphatic hydroxyl groups excluding tert-OH is 1. The van der Waals surface area contributed by atoms with Crippen molar-refractivity contribution in [1.82, 2.24) is 0 Å². The Hall–Kier alpha value is -1.61. The summed E-state index contributed by atoms with van der Waals surface area (Å²) >= 11 is 0. The zero-order chi connectivity index (χ0) is 15.2. The Balaban J connectivity index is 2.62. The monoisotopic (exact) mass is 276 g/mol. The van der Waals surface area contributed by atoms with Gasteiger partial charge in [-0.05, 0) is 29.5 Å². The summed E-state index contributed by atoms with van der Waals surface area (Å²) in [6.07, 6.45) is 2.35. The van der Waals surface area contributed by atoms with E-state index in [0.717, 1.165) is 0 Å². The standard InChI is InChI=1S/C17H24O3/c1-5-6-13(11-18)12-20-16(19)14-7-9-15(10-8-14)17(2,3)4/h5,7-10,13,18H,1,6,11-12H2,2-4H3/t13-/m0/s1. The van der Waals surface area contributed by atoms with Crippen molar-refractivity contribution in [1.29, 1.82) is 0 Å². The van der Waals surface area contributed by atoms with Crippen LogP contribution in [-0.4, -0.2) is 24.3 Å². The molecule has 20 heavy (non-hydrogen) atoms. The molecule has 0 spiro atoms. The van der Waals surface area contributed by atoms with E-state index in [0.29, 0.717) is 12.0 Å². The van der Waals surface area contributed by atoms with Crippen LogP contribution in [0.2, 0.25) is 0 Å². The van der Waals surface area contributed by atoms with E-state index in [1.54, 1.807) is 18.2 Å². The number of ether oxygens (including phenoxy) is 1. The summed E-state index contributed by atoms with van der Waals surface area (Å²) in [5, 5.41) is 9.13. The molecule has 3 heteroatoms. The van der Waals surface area contributed by atoms with Crippen molar-refractivity contribution in [2.75, 3.05) is 13.2 Å². The van der Waals surface area contributed by atoms with Crippen LogP contribution in [-0.2, 0) is 10.2 Å². The molecule has 0 amide bonds. The minimum atomic E-state index is -0.354. The lowest BCUT2D eigenvalue weighted by Crippen LogP contribution is -2.17. The summed E-state index contributed by atoms with van der Waals surface area (Å²) in [4.78, 5) is 11.9. The van der Waals surface area contributed by atoms with Gasteiger partial charge in [-0.2, -0.15) is 0 Å². The quantitative estimate of drug-likeness (QED) is 0.640. The van der Waals surface area contributed by atoms with E-state index in [-0.39, 0.29) is 30.5 Å². The van der Waals surface area contributed by atoms with E-state index in [1.807, 2.05) is 12.1 Å². The van der Waals surface area contributed by atoms with E-state index in [9.17, 15) is 4.79 Å². The zero-order valence-corrected chi connectivity index (χ0v) is 12.6. The highest BCUT2D eigenvalue weighted by Gasteiger charge is 2.15. The number of carbonyl (C=O) groups excluding carboxylic acids is 1. The van der Waals surface area contributed by atoms with Gasteiger partial charge < -0.3 is 9.84 Å². The number of benzene rings is 1. The molecule has 0 unspecified atom stereocenters. The average Bonchev–Trinajstić information content (AvgIpc) is 2.42. The van der Waals surface area contributed by atoms with Crippen molar-refractivity contribution in [3.05, 3.63) is 48.0 Å². The van der Waals surface area contributed by atoms with Crippen LogP contribution in [0.25, 0.3) is 0 Å². The van der Waals surface area contributed by atoms with E-state index in [4.69, 9.17) is 9.84 Å². The first-order valence-corrected chi connectivity index (χ1v) is 6.88. The van der Waals surface area contributed by atoms with Gasteiger partial charge in [0.05, 0.1) is 12.2 Å². The number of allylic oxidation sites excluding steroid dienone is 1. The maximum atomic E-state index is 11.9. The molecule has 110 valence electrons. The van der Waals surface area contributed by atoms with Crippen molar-refractivity contribution >= 4 is 5.97 Å². The highest BCUT2D eigenvalue weighted by Crippen LogP contribution is 2.22. The molecule has 1 rings (SSSR count). The Morgan fingerprint density at radius 1 is 1.35 bits per heavy atom. The van der Waals surface area contributed by atoms with Gasteiger partial charge in [0.25, 0.3) is 0 Å². The van der Waals surface area contributed by atoms with E-state index in [1.165, 1.54) is 5.56 Å². The molecule has 0 aliphatic rings. The van der Waals surface area contributed by atoms with Crippen LogP contribution in [0.1, 0.15) is 43.1 Å². The van der Waals surface area contributed by atoms with E-state index in [2.05, 4.69) is 27.4 Å². The maximum Gasteiger partial charge on any atom is 0.338 e. The van der Waals surface area contributed by atoms with Gasteiger partial charge in [-0.1, -0.05) is 39.0 Å². The van der Waals surface area contributed by atoms with E-state index < -0.39 is 0 Å². The fraction of sp³-hybridized carbons (Fsp3) is 0.471. The molecule has 0 saturated carbocycles. The van der Waals surface area contributed by atoms with Crippen molar-refractivity contribution in [3.63, 3.8) is 0 Å². The molecule has 3 nitrogen and oxygen atoms in total. The van der Waals surface area contributed by atoms with Crippen LogP contribution >= 0.6 is 0 Å². The highest BCUT2D eigenvalue weighted by molar-refractivity contribution is 5.89. The lowest BCUT2D eigenvalue weighted by atomic mass is 9.87. The molecule has 0 fully saturated rings. The smallest absolute Gasteiger partial charge is 0.338 e. The number of aliphatic hydroxyl groups is 1. The Morgan fingerprint density at radius 3 is 2.40 bits per heavy atom. The first-order chi connectivity index (χ1) is 9.38. The summed E-state index contributed by atoms with van der Waals surface area (Å²) < 4.78 is 5.21. The SMILES string of the molecule is C=CC[C@@H](CO)COC(=O)c1ccc(C(C)(C)C)cc1. The van der Waals surface area contributed by atoms with Crippen LogP contribution in [0.5, 0.6) is 0 Å². The number of hydrogen-bond donors (Lipinski definition) is 1. The number of carbonyl (C=O) groups is 1. The van der Waals surface area contributed by atoms with Gasteiger partial charge in [0.15, 0.2) is 0 Å². The van der Waals surface area contributed by atoms with Crippen LogP contribution in [0.4, 0.5) is 0 Å². The van der Waals surface area contributed by atoms with Gasteiger partial charge in [-0.25, -0.2) is 4.79 Å². The normalized spacial score (nSPS) is 12.8. The Morgan fingerprint density at radius 2 is 1.95 bits per heavy atom. The Kier molecular flexibility index (Phi) is 5.96. The van der Waals surface area contributed by atoms with E-state index >= 15 is 0 Å². The number of esters is 1. The summed E-state index contributed by atoms with van der Waals surface area (Å²) in [6.45, 7) is 10.2. The molecule has 0 saturated heterocycles. The average molecular weight is 276 g/mol. The van der Waals surface area contributed by atoms with Crippen molar-refractivity contribution in [2.24, 2.45) is 5.92 Å². The summed E-state index contributed by atoms with van der Waals surface area (Å²) in [5.41, 5.74) is 1.77. The van der Waals surface area contributed by atoms with Crippen LogP contribution in [0.15, 0.2) is 36.9 Å². The second-order valence-electron chi connectivity index (χ2n) is 6.00. The van der Waals surface area contributed by atoms with Gasteiger partial charge >= 0.3 is 5.97 Å². The largest absolute Gasteiger partial charge is 0.462 e. The van der Waals surface area contributed by atoms with Gasteiger partial charge in [-0.3, -0.25) is 0 Å². The van der Waals surface area contributed by atoms with Crippen LogP contribution in [0, 0.1) is 5.92 Å². The van der Waals surface area contributed by atoms with Crippen LogP contribution < -0.4 is 0 Å². The maximum absolute atomic E-state index is 11.9. The molecule has 0 radical (unpaired) electrons. The number of hydrogen-bond acceptors (Lipinski definition) is 3. The Labute approximate surface area is 121 Å². The summed E-state index contributed by atoms with van der Waals surface area (Å²) in [5.74, 6) is -0.432. The van der Waals surface area contributed by atoms with Gasteiger partial charge in [0, 0.05) is 12.5 Å². The molecular weight excluding hydrogens is 252 g/mol. The molecule has 0 aliphatic heterocycles. The van der Waals surface area contributed by atoms with Crippen molar-refractivity contribution < 1.29 is 14.6 Å². The molecule has 0 aromatic heterocycles. The van der Waals surface area contributed by atoms with Gasteiger partial charge in [-0.15, -0.1) is 6.58 Å². The predicted molar refractivity (Wildman–Crippen MR) is 80.8 cm³/mol. The lowest BCUT2D eigenvalue weighted by Gasteiger charge is -2.19. The molecular formula is C17H24O3. The molecule has 1 aromatic carbocycles. The molecule has 0 heterocycles. The second kappa shape index (κ2) is 7.25. The third kappa shape index (κ3) is 4.82. The topological polar surface area (TPSA) is 46.5 Å². The fourth-order valence-corrected chi connectivity index (χ4v) is 1.81. The molecule has 0 aliphatic carbocycles. The predicted octanol–water partition coefficient (Wildman–Crippen LogP) is 3.33. The van der Waals surface area contributed by atoms with Crippen LogP contribution in [0.3, 0.4) is 0 Å². The molecule has 1 aromatic rings. The third-order valence-corrected chi connectivity index (χ3v) is 3.19. The molecule has 1 N–H and O–H groups in total. The first-order valence-electron chi connectivity index (χ1n) is 6.88.